The minimum atomic E-state index is -0.549. The molecule has 0 bridgehead atoms. The van der Waals surface area contributed by atoms with Gasteiger partial charge in [-0.15, -0.1) is 0 Å². The van der Waals surface area contributed by atoms with E-state index in [-0.39, 0.29) is 17.5 Å². The standard InChI is InChI=1S/C21H24ClFN4O2/c22-16-6-7-18(17(23)12-16)29-20-13-19(24-14-25-20)26-8-10-27(11-9-26)21(28)15-4-2-1-3-5-15/h6-7,12-15H,1-5,8-11H2. The molecule has 1 saturated heterocycles. The maximum absolute atomic E-state index is 14.0. The molecule has 1 aromatic heterocycles. The molecule has 1 aliphatic carbocycles. The number of ether oxygens (including phenoxy) is 1. The molecule has 0 spiro atoms. The Morgan fingerprint density at radius 2 is 1.83 bits per heavy atom. The van der Waals surface area contributed by atoms with Gasteiger partial charge in [-0.2, -0.15) is 0 Å². The van der Waals surface area contributed by atoms with Crippen LogP contribution in [0.4, 0.5) is 10.2 Å². The molecule has 0 atom stereocenters. The van der Waals surface area contributed by atoms with Crippen molar-refractivity contribution in [1.29, 1.82) is 0 Å². The summed E-state index contributed by atoms with van der Waals surface area (Å²) in [5.74, 6) is 0.971. The first-order chi connectivity index (χ1) is 14.1. The Hall–Kier alpha value is -2.41. The molecule has 1 aliphatic heterocycles. The predicted octanol–water partition coefficient (Wildman–Crippen LogP) is 4.29. The highest BCUT2D eigenvalue weighted by molar-refractivity contribution is 6.30. The molecule has 29 heavy (non-hydrogen) atoms. The third-order valence-electron chi connectivity index (χ3n) is 5.61. The molecule has 2 aliphatic rings. The van der Waals surface area contributed by atoms with Crippen molar-refractivity contribution in [1.82, 2.24) is 14.9 Å². The zero-order chi connectivity index (χ0) is 20.2. The summed E-state index contributed by atoms with van der Waals surface area (Å²) in [6.07, 6.45) is 7.01. The summed E-state index contributed by atoms with van der Waals surface area (Å²) in [4.78, 5) is 25.2. The van der Waals surface area contributed by atoms with Crippen molar-refractivity contribution in [2.24, 2.45) is 5.92 Å². The number of hydrogen-bond acceptors (Lipinski definition) is 5. The molecule has 0 unspecified atom stereocenters. The SMILES string of the molecule is O=C(C1CCCCC1)N1CCN(c2cc(Oc3ccc(Cl)cc3F)ncn2)CC1. The van der Waals surface area contributed by atoms with Crippen molar-refractivity contribution in [2.45, 2.75) is 32.1 Å². The normalized spacial score (nSPS) is 18.0. The van der Waals surface area contributed by atoms with E-state index >= 15 is 0 Å². The highest BCUT2D eigenvalue weighted by Gasteiger charge is 2.28. The third-order valence-corrected chi connectivity index (χ3v) is 5.84. The quantitative estimate of drug-likeness (QED) is 0.741. The van der Waals surface area contributed by atoms with Gasteiger partial charge in [0.15, 0.2) is 11.6 Å². The van der Waals surface area contributed by atoms with Crippen LogP contribution in [-0.4, -0.2) is 47.0 Å². The van der Waals surface area contributed by atoms with Crippen LogP contribution in [0.25, 0.3) is 0 Å². The van der Waals surface area contributed by atoms with Gasteiger partial charge in [-0.25, -0.2) is 14.4 Å². The van der Waals surface area contributed by atoms with Crippen LogP contribution < -0.4 is 9.64 Å². The number of hydrogen-bond donors (Lipinski definition) is 0. The van der Waals surface area contributed by atoms with Crippen LogP contribution in [0.15, 0.2) is 30.6 Å². The molecular formula is C21H24ClFN4O2. The second-order valence-electron chi connectivity index (χ2n) is 7.54. The number of carbonyl (C=O) groups is 1. The molecule has 8 heteroatoms. The molecule has 1 saturated carbocycles. The van der Waals surface area contributed by atoms with E-state index in [0.29, 0.717) is 42.9 Å². The molecule has 6 nitrogen and oxygen atoms in total. The smallest absolute Gasteiger partial charge is 0.225 e. The van der Waals surface area contributed by atoms with E-state index in [1.165, 1.54) is 24.9 Å². The van der Waals surface area contributed by atoms with Crippen LogP contribution in [0.5, 0.6) is 11.6 Å². The van der Waals surface area contributed by atoms with Crippen LogP contribution in [0, 0.1) is 11.7 Å². The summed E-state index contributed by atoms with van der Waals surface area (Å²) in [7, 11) is 0. The molecule has 2 aromatic rings. The maximum atomic E-state index is 14.0. The maximum Gasteiger partial charge on any atom is 0.225 e. The summed E-state index contributed by atoms with van der Waals surface area (Å²) in [6, 6.07) is 5.91. The Labute approximate surface area is 174 Å². The Bertz CT molecular complexity index is 868. The number of benzene rings is 1. The lowest BCUT2D eigenvalue weighted by atomic mass is 9.88. The number of halogens is 2. The van der Waals surface area contributed by atoms with Gasteiger partial charge < -0.3 is 14.5 Å². The second kappa shape index (κ2) is 8.95. The molecule has 4 rings (SSSR count). The lowest BCUT2D eigenvalue weighted by Crippen LogP contribution is -2.50. The lowest BCUT2D eigenvalue weighted by molar-refractivity contribution is -0.136. The van der Waals surface area contributed by atoms with Gasteiger partial charge >= 0.3 is 0 Å². The highest BCUT2D eigenvalue weighted by atomic mass is 35.5. The van der Waals surface area contributed by atoms with Gasteiger partial charge in [0.1, 0.15) is 12.1 Å². The third kappa shape index (κ3) is 4.78. The largest absolute Gasteiger partial charge is 0.436 e. The average Bonchev–Trinajstić information content (AvgIpc) is 2.76. The molecule has 0 N–H and O–H groups in total. The molecule has 1 aromatic carbocycles. The van der Waals surface area contributed by atoms with Crippen molar-refractivity contribution >= 4 is 23.3 Å². The average molecular weight is 419 g/mol. The Kier molecular flexibility index (Phi) is 6.13. The number of piperazine rings is 1. The van der Waals surface area contributed by atoms with E-state index in [1.807, 2.05) is 4.90 Å². The first kappa shape index (κ1) is 19.9. The van der Waals surface area contributed by atoms with Crippen molar-refractivity contribution in [3.8, 4) is 11.6 Å². The van der Waals surface area contributed by atoms with Gasteiger partial charge in [0, 0.05) is 43.2 Å². The monoisotopic (exact) mass is 418 g/mol. The number of anilines is 1. The summed E-state index contributed by atoms with van der Waals surface area (Å²) in [5, 5.41) is 0.305. The van der Waals surface area contributed by atoms with E-state index in [2.05, 4.69) is 14.9 Å². The molecule has 2 fully saturated rings. The summed E-state index contributed by atoms with van der Waals surface area (Å²) < 4.78 is 19.5. The van der Waals surface area contributed by atoms with Crippen molar-refractivity contribution in [3.63, 3.8) is 0 Å². The highest BCUT2D eigenvalue weighted by Crippen LogP contribution is 2.28. The Balaban J connectivity index is 1.37. The molecule has 2 heterocycles. The van der Waals surface area contributed by atoms with Gasteiger partial charge in [0.25, 0.3) is 0 Å². The minimum Gasteiger partial charge on any atom is -0.436 e. The number of carbonyl (C=O) groups excluding carboxylic acids is 1. The first-order valence-corrected chi connectivity index (χ1v) is 10.5. The summed E-state index contributed by atoms with van der Waals surface area (Å²) in [6.45, 7) is 2.76. The van der Waals surface area contributed by atoms with Gasteiger partial charge in [-0.1, -0.05) is 30.9 Å². The number of amides is 1. The number of rotatable bonds is 4. The molecular weight excluding hydrogens is 395 g/mol. The Morgan fingerprint density at radius 1 is 1.07 bits per heavy atom. The molecule has 0 radical (unpaired) electrons. The Morgan fingerprint density at radius 3 is 2.55 bits per heavy atom. The van der Waals surface area contributed by atoms with Crippen molar-refractivity contribution < 1.29 is 13.9 Å². The van der Waals surface area contributed by atoms with E-state index in [4.69, 9.17) is 16.3 Å². The van der Waals surface area contributed by atoms with E-state index < -0.39 is 5.82 Å². The fourth-order valence-corrected chi connectivity index (χ4v) is 4.15. The van der Waals surface area contributed by atoms with E-state index in [9.17, 15) is 9.18 Å². The van der Waals surface area contributed by atoms with Crippen molar-refractivity contribution in [3.05, 3.63) is 41.4 Å². The van der Waals surface area contributed by atoms with Gasteiger partial charge in [-0.05, 0) is 31.0 Å². The van der Waals surface area contributed by atoms with Gasteiger partial charge in [0.05, 0.1) is 0 Å². The van der Waals surface area contributed by atoms with E-state index in [0.717, 1.165) is 25.7 Å². The molecule has 1 amide bonds. The lowest BCUT2D eigenvalue weighted by Gasteiger charge is -2.37. The predicted molar refractivity (Wildman–Crippen MR) is 109 cm³/mol. The fraction of sp³-hybridized carbons (Fsp3) is 0.476. The summed E-state index contributed by atoms with van der Waals surface area (Å²) in [5.41, 5.74) is 0. The van der Waals surface area contributed by atoms with Crippen LogP contribution in [0.1, 0.15) is 32.1 Å². The van der Waals surface area contributed by atoms with Crippen LogP contribution in [-0.2, 0) is 4.79 Å². The number of aromatic nitrogens is 2. The van der Waals surface area contributed by atoms with Crippen LogP contribution >= 0.6 is 11.6 Å². The zero-order valence-electron chi connectivity index (χ0n) is 16.2. The summed E-state index contributed by atoms with van der Waals surface area (Å²) >= 11 is 5.77. The first-order valence-electron chi connectivity index (χ1n) is 10.1. The fourth-order valence-electron chi connectivity index (χ4n) is 3.99. The number of nitrogens with zero attached hydrogens (tertiary/aromatic N) is 4. The van der Waals surface area contributed by atoms with Crippen LogP contribution in [0.3, 0.4) is 0 Å². The second-order valence-corrected chi connectivity index (χ2v) is 7.97. The van der Waals surface area contributed by atoms with Gasteiger partial charge in [0.2, 0.25) is 11.8 Å². The minimum absolute atomic E-state index is 0.0574. The zero-order valence-corrected chi connectivity index (χ0v) is 16.9. The van der Waals surface area contributed by atoms with Gasteiger partial charge in [-0.3, -0.25) is 4.79 Å². The molecule has 154 valence electrons. The van der Waals surface area contributed by atoms with Crippen molar-refractivity contribution in [2.75, 3.05) is 31.1 Å². The topological polar surface area (TPSA) is 58.6 Å². The van der Waals surface area contributed by atoms with E-state index in [1.54, 1.807) is 12.1 Å². The van der Waals surface area contributed by atoms with Crippen LogP contribution in [0.2, 0.25) is 5.02 Å².